The van der Waals surface area contributed by atoms with E-state index < -0.39 is 0 Å². The predicted molar refractivity (Wildman–Crippen MR) is 32.9 cm³/mol. The van der Waals surface area contributed by atoms with Crippen molar-refractivity contribution >= 4 is 0 Å². The molecule has 0 amide bonds. The maximum Gasteiger partial charge on any atom is 0.164 e. The zero-order valence-electron chi connectivity index (χ0n) is 5.30. The minimum Gasteiger partial charge on any atom is -0.352 e. The van der Waals surface area contributed by atoms with Crippen molar-refractivity contribution in [2.75, 3.05) is 13.2 Å². The van der Waals surface area contributed by atoms with Gasteiger partial charge in [-0.1, -0.05) is 6.58 Å². The van der Waals surface area contributed by atoms with Crippen molar-refractivity contribution in [3.8, 4) is 0 Å². The van der Waals surface area contributed by atoms with E-state index in [-0.39, 0.29) is 6.29 Å². The van der Waals surface area contributed by atoms with Gasteiger partial charge in [-0.2, -0.15) is 0 Å². The molecule has 0 aromatic carbocycles. The van der Waals surface area contributed by atoms with E-state index in [1.807, 2.05) is 0 Å². The lowest BCUT2D eigenvalue weighted by molar-refractivity contribution is -0.0904. The Labute approximate surface area is 54.5 Å². The molecular formula is C7H10O2. The minimum atomic E-state index is 0.0532. The lowest BCUT2D eigenvalue weighted by atomic mass is 10.0. The standard InChI is InChI=1S/C7H10O2/c1-5-4-9-7-6(5)2-3-8-7/h6-7H,1-4H2. The summed E-state index contributed by atoms with van der Waals surface area (Å²) in [5, 5.41) is 0. The topological polar surface area (TPSA) is 18.5 Å². The van der Waals surface area contributed by atoms with E-state index in [2.05, 4.69) is 6.58 Å². The monoisotopic (exact) mass is 126 g/mol. The first-order valence-electron chi connectivity index (χ1n) is 3.29. The van der Waals surface area contributed by atoms with Gasteiger partial charge in [0.05, 0.1) is 13.2 Å². The molecule has 2 aliphatic rings. The average Bonchev–Trinajstić information content (AvgIpc) is 2.35. The molecule has 2 rings (SSSR count). The molecule has 50 valence electrons. The molecule has 0 saturated carbocycles. The molecule has 2 aliphatic heterocycles. The largest absolute Gasteiger partial charge is 0.352 e. The first-order valence-corrected chi connectivity index (χ1v) is 3.29. The summed E-state index contributed by atoms with van der Waals surface area (Å²) in [7, 11) is 0. The van der Waals surface area contributed by atoms with Gasteiger partial charge < -0.3 is 9.47 Å². The second-order valence-corrected chi connectivity index (χ2v) is 2.60. The van der Waals surface area contributed by atoms with E-state index in [4.69, 9.17) is 9.47 Å². The van der Waals surface area contributed by atoms with Crippen molar-refractivity contribution in [2.45, 2.75) is 12.7 Å². The summed E-state index contributed by atoms with van der Waals surface area (Å²) in [4.78, 5) is 0. The van der Waals surface area contributed by atoms with Crippen LogP contribution in [0.2, 0.25) is 0 Å². The summed E-state index contributed by atoms with van der Waals surface area (Å²) in [6, 6.07) is 0. The van der Waals surface area contributed by atoms with E-state index >= 15 is 0 Å². The second kappa shape index (κ2) is 1.82. The van der Waals surface area contributed by atoms with E-state index in [0.29, 0.717) is 12.5 Å². The van der Waals surface area contributed by atoms with E-state index in [1.54, 1.807) is 0 Å². The van der Waals surface area contributed by atoms with Crippen LogP contribution in [0, 0.1) is 5.92 Å². The first kappa shape index (κ1) is 5.45. The normalized spacial score (nSPS) is 41.6. The molecule has 0 spiro atoms. The number of rotatable bonds is 0. The molecule has 2 unspecified atom stereocenters. The van der Waals surface area contributed by atoms with Crippen LogP contribution in [0.25, 0.3) is 0 Å². The highest BCUT2D eigenvalue weighted by Crippen LogP contribution is 2.33. The van der Waals surface area contributed by atoms with Crippen molar-refractivity contribution < 1.29 is 9.47 Å². The SMILES string of the molecule is C=C1COC2OCCC12. The lowest BCUT2D eigenvalue weighted by Gasteiger charge is -2.04. The number of hydrogen-bond acceptors (Lipinski definition) is 2. The summed E-state index contributed by atoms with van der Waals surface area (Å²) in [5.41, 5.74) is 1.21. The average molecular weight is 126 g/mol. The molecule has 2 atom stereocenters. The highest BCUT2D eigenvalue weighted by molar-refractivity contribution is 5.08. The third-order valence-corrected chi connectivity index (χ3v) is 2.00. The van der Waals surface area contributed by atoms with Gasteiger partial charge in [-0.15, -0.1) is 0 Å². The van der Waals surface area contributed by atoms with Crippen molar-refractivity contribution in [3.05, 3.63) is 12.2 Å². The van der Waals surface area contributed by atoms with Gasteiger partial charge in [0, 0.05) is 5.92 Å². The molecule has 2 fully saturated rings. The van der Waals surface area contributed by atoms with Crippen molar-refractivity contribution in [1.29, 1.82) is 0 Å². The first-order chi connectivity index (χ1) is 4.38. The fourth-order valence-corrected chi connectivity index (χ4v) is 1.42. The van der Waals surface area contributed by atoms with Crippen molar-refractivity contribution in [3.63, 3.8) is 0 Å². The fourth-order valence-electron chi connectivity index (χ4n) is 1.42. The van der Waals surface area contributed by atoms with Crippen LogP contribution >= 0.6 is 0 Å². The predicted octanol–water partition coefficient (Wildman–Crippen LogP) is 0.935. The molecular weight excluding hydrogens is 116 g/mol. The van der Waals surface area contributed by atoms with Crippen molar-refractivity contribution in [1.82, 2.24) is 0 Å². The van der Waals surface area contributed by atoms with Crippen LogP contribution in [0.15, 0.2) is 12.2 Å². The van der Waals surface area contributed by atoms with Gasteiger partial charge in [-0.3, -0.25) is 0 Å². The maximum atomic E-state index is 5.27. The Hall–Kier alpha value is -0.340. The van der Waals surface area contributed by atoms with Crippen LogP contribution < -0.4 is 0 Å². The van der Waals surface area contributed by atoms with Gasteiger partial charge in [-0.05, 0) is 12.0 Å². The minimum absolute atomic E-state index is 0.0532. The summed E-state index contributed by atoms with van der Waals surface area (Å²) in [6.07, 6.45) is 1.15. The third kappa shape index (κ3) is 0.705. The Morgan fingerprint density at radius 2 is 2.33 bits per heavy atom. The Kier molecular flexibility index (Phi) is 1.10. The molecule has 9 heavy (non-hydrogen) atoms. The third-order valence-electron chi connectivity index (χ3n) is 2.00. The molecule has 0 bridgehead atoms. The Bertz CT molecular complexity index is 142. The molecule has 0 N–H and O–H groups in total. The quantitative estimate of drug-likeness (QED) is 0.450. The van der Waals surface area contributed by atoms with Gasteiger partial charge in [0.15, 0.2) is 6.29 Å². The molecule has 2 heteroatoms. The Balaban J connectivity index is 2.15. The Morgan fingerprint density at radius 1 is 1.44 bits per heavy atom. The van der Waals surface area contributed by atoms with Gasteiger partial charge in [0.1, 0.15) is 0 Å². The van der Waals surface area contributed by atoms with E-state index in [0.717, 1.165) is 13.0 Å². The maximum absolute atomic E-state index is 5.27. The molecule has 2 nitrogen and oxygen atoms in total. The summed E-state index contributed by atoms with van der Waals surface area (Å²) in [6.45, 7) is 5.44. The number of ether oxygens (including phenoxy) is 2. The molecule has 0 radical (unpaired) electrons. The van der Waals surface area contributed by atoms with E-state index in [1.165, 1.54) is 5.57 Å². The summed E-state index contributed by atoms with van der Waals surface area (Å²) >= 11 is 0. The van der Waals surface area contributed by atoms with Gasteiger partial charge >= 0.3 is 0 Å². The number of fused-ring (bicyclic) bond motifs is 1. The van der Waals surface area contributed by atoms with Crippen LogP contribution in [0.1, 0.15) is 6.42 Å². The highest BCUT2D eigenvalue weighted by Gasteiger charge is 2.36. The zero-order chi connectivity index (χ0) is 6.27. The summed E-state index contributed by atoms with van der Waals surface area (Å²) < 4.78 is 10.5. The van der Waals surface area contributed by atoms with Crippen molar-refractivity contribution in [2.24, 2.45) is 5.92 Å². The van der Waals surface area contributed by atoms with Crippen LogP contribution in [0.4, 0.5) is 0 Å². The fraction of sp³-hybridized carbons (Fsp3) is 0.714. The number of hydrogen-bond donors (Lipinski definition) is 0. The van der Waals surface area contributed by atoms with Gasteiger partial charge in [-0.25, -0.2) is 0 Å². The molecule has 2 heterocycles. The highest BCUT2D eigenvalue weighted by atomic mass is 16.7. The van der Waals surface area contributed by atoms with Crippen LogP contribution in [0.3, 0.4) is 0 Å². The molecule has 0 aliphatic carbocycles. The molecule has 2 saturated heterocycles. The van der Waals surface area contributed by atoms with Crippen LogP contribution in [-0.2, 0) is 9.47 Å². The van der Waals surface area contributed by atoms with E-state index in [9.17, 15) is 0 Å². The van der Waals surface area contributed by atoms with Crippen LogP contribution in [-0.4, -0.2) is 19.5 Å². The second-order valence-electron chi connectivity index (χ2n) is 2.60. The Morgan fingerprint density at radius 3 is 3.11 bits per heavy atom. The van der Waals surface area contributed by atoms with Gasteiger partial charge in [0.2, 0.25) is 0 Å². The molecule has 0 aromatic heterocycles. The summed E-state index contributed by atoms with van der Waals surface area (Å²) in [5.74, 6) is 0.505. The van der Waals surface area contributed by atoms with Gasteiger partial charge in [0.25, 0.3) is 0 Å². The smallest absolute Gasteiger partial charge is 0.164 e. The van der Waals surface area contributed by atoms with Crippen LogP contribution in [0.5, 0.6) is 0 Å². The zero-order valence-corrected chi connectivity index (χ0v) is 5.30. The molecule has 0 aromatic rings. The lowest BCUT2D eigenvalue weighted by Crippen LogP contribution is -2.09.